The van der Waals surface area contributed by atoms with E-state index in [0.29, 0.717) is 36.1 Å². The molecule has 0 N–H and O–H groups in total. The smallest absolute Gasteiger partial charge is 0.338 e. The molecule has 0 aliphatic carbocycles. The second kappa shape index (κ2) is 10.4. The molecule has 1 aliphatic rings. The lowest BCUT2D eigenvalue weighted by Gasteiger charge is -2.35. The summed E-state index contributed by atoms with van der Waals surface area (Å²) in [7, 11) is 0. The normalized spacial score (nSPS) is 17.0. The van der Waals surface area contributed by atoms with Gasteiger partial charge in [0.05, 0.1) is 17.8 Å². The second-order valence-corrected chi connectivity index (χ2v) is 11.5. The fourth-order valence-electron chi connectivity index (χ4n) is 3.84. The fourth-order valence-corrected chi connectivity index (χ4v) is 7.87. The van der Waals surface area contributed by atoms with Crippen molar-refractivity contribution in [2.75, 3.05) is 19.7 Å². The maximum Gasteiger partial charge on any atom is 0.338 e. The summed E-state index contributed by atoms with van der Waals surface area (Å²) >= 11 is 6.15. The maximum absolute atomic E-state index is 13.5. The van der Waals surface area contributed by atoms with Crippen LogP contribution in [0, 0.1) is 18.6 Å². The van der Waals surface area contributed by atoms with Gasteiger partial charge in [0.1, 0.15) is 23.5 Å². The molecule has 0 amide bonds. The maximum atomic E-state index is 13.5. The van der Waals surface area contributed by atoms with E-state index in [4.69, 9.17) is 26.1 Å². The summed E-state index contributed by atoms with van der Waals surface area (Å²) in [6.07, 6.45) is -2.75. The van der Waals surface area contributed by atoms with Gasteiger partial charge in [0, 0.05) is 18.7 Å². The van der Waals surface area contributed by atoms with E-state index in [9.17, 15) is 13.6 Å². The molecule has 1 aromatic heterocycles. The predicted molar refractivity (Wildman–Crippen MR) is 134 cm³/mol. The minimum atomic E-state index is -2.75. The first-order valence-corrected chi connectivity index (χ1v) is 13.8. The highest BCUT2D eigenvalue weighted by molar-refractivity contribution is 8.15. The number of aliphatic imine (C=N–C) groups is 1. The Labute approximate surface area is 207 Å². The van der Waals surface area contributed by atoms with E-state index < -0.39 is 18.2 Å². The molecule has 0 fully saturated rings. The summed E-state index contributed by atoms with van der Waals surface area (Å²) < 4.78 is 42.1. The van der Waals surface area contributed by atoms with Crippen molar-refractivity contribution in [1.29, 1.82) is 0 Å². The summed E-state index contributed by atoms with van der Waals surface area (Å²) in [6.45, 7) is 7.48. The summed E-state index contributed by atoms with van der Waals surface area (Å²) in [5, 5.41) is 5.38. The molecule has 1 aliphatic heterocycles. The van der Waals surface area contributed by atoms with Crippen molar-refractivity contribution < 1.29 is 22.8 Å². The van der Waals surface area contributed by atoms with Gasteiger partial charge in [-0.15, -0.1) is 0 Å². The number of hydrogen-bond donors (Lipinski definition) is 0. The van der Waals surface area contributed by atoms with Crippen LogP contribution in [0.2, 0.25) is 0 Å². The Kier molecular flexibility index (Phi) is 7.44. The van der Waals surface area contributed by atoms with Crippen LogP contribution in [0.5, 0.6) is 0 Å². The van der Waals surface area contributed by atoms with Crippen LogP contribution in [-0.4, -0.2) is 46.0 Å². The first-order chi connectivity index (χ1) is 16.8. The van der Waals surface area contributed by atoms with Crippen molar-refractivity contribution in [3.8, 4) is 0 Å². The van der Waals surface area contributed by atoms with Crippen molar-refractivity contribution in [1.82, 2.24) is 14.5 Å². The van der Waals surface area contributed by atoms with Gasteiger partial charge in [-0.2, -0.15) is 10.1 Å². The van der Waals surface area contributed by atoms with Crippen molar-refractivity contribution in [3.05, 3.63) is 77.0 Å². The number of aromatic nitrogens is 2. The van der Waals surface area contributed by atoms with Crippen LogP contribution in [0.15, 0.2) is 53.5 Å². The fraction of sp³-hybridized carbons (Fsp3) is 0.292. The van der Waals surface area contributed by atoms with E-state index in [0.717, 1.165) is 5.30 Å². The number of rotatable bonds is 8. The molecule has 11 heteroatoms. The van der Waals surface area contributed by atoms with Crippen LogP contribution in [0.3, 0.4) is 0 Å². The molecular weight excluding hydrogens is 493 g/mol. The van der Waals surface area contributed by atoms with Crippen molar-refractivity contribution >= 4 is 41.2 Å². The van der Waals surface area contributed by atoms with Gasteiger partial charge in [0.2, 0.25) is 12.3 Å². The number of hydrogen-bond acceptors (Lipinski definition) is 6. The quantitative estimate of drug-likeness (QED) is 0.318. The lowest BCUT2D eigenvalue weighted by molar-refractivity contribution is 0.0488. The van der Waals surface area contributed by atoms with Crippen LogP contribution in [-0.2, 0) is 27.6 Å². The Morgan fingerprint density at radius 1 is 1.09 bits per heavy atom. The highest BCUT2D eigenvalue weighted by Gasteiger charge is 2.40. The number of benzene rings is 2. The van der Waals surface area contributed by atoms with E-state index >= 15 is 0 Å². The van der Waals surface area contributed by atoms with Gasteiger partial charge in [-0.3, -0.25) is 0 Å². The third-order valence-corrected chi connectivity index (χ3v) is 9.86. The molecule has 35 heavy (non-hydrogen) atoms. The third kappa shape index (κ3) is 5.05. The predicted octanol–water partition coefficient (Wildman–Crippen LogP) is 4.71. The third-order valence-electron chi connectivity index (χ3n) is 5.58. The van der Waals surface area contributed by atoms with Crippen LogP contribution >= 0.6 is 6.42 Å². The number of ether oxygens (including phenoxy) is 1. The van der Waals surface area contributed by atoms with Gasteiger partial charge in [0.15, 0.2) is 5.82 Å². The summed E-state index contributed by atoms with van der Waals surface area (Å²) in [5.74, 6) is -0.507. The molecule has 0 radical (unpaired) electrons. The van der Waals surface area contributed by atoms with Crippen LogP contribution in [0.4, 0.5) is 14.6 Å². The van der Waals surface area contributed by atoms with Crippen molar-refractivity contribution in [2.24, 2.45) is 4.99 Å². The van der Waals surface area contributed by atoms with E-state index in [2.05, 4.69) is 9.77 Å². The monoisotopic (exact) mass is 518 g/mol. The van der Waals surface area contributed by atoms with Gasteiger partial charge in [-0.1, -0.05) is 13.8 Å². The van der Waals surface area contributed by atoms with Crippen LogP contribution in [0.1, 0.15) is 35.5 Å². The number of aryl methyl sites for hydroxylation is 1. The number of halogens is 2. The van der Waals surface area contributed by atoms with Crippen LogP contribution < -0.4 is 5.30 Å². The molecule has 0 spiro atoms. The van der Waals surface area contributed by atoms with Gasteiger partial charge >= 0.3 is 5.97 Å². The zero-order valence-corrected chi connectivity index (χ0v) is 21.3. The van der Waals surface area contributed by atoms with Gasteiger partial charge in [-0.05, 0) is 67.3 Å². The van der Waals surface area contributed by atoms with E-state index in [1.165, 1.54) is 36.4 Å². The molecule has 184 valence electrons. The number of carbonyl (C=O) groups is 1. The Morgan fingerprint density at radius 3 is 2.29 bits per heavy atom. The van der Waals surface area contributed by atoms with E-state index in [-0.39, 0.29) is 24.5 Å². The number of carbonyl (C=O) groups excluding carboxylic acids is 1. The topological polar surface area (TPSA) is 68.9 Å². The molecule has 7 nitrogen and oxygen atoms in total. The molecule has 2 heterocycles. The van der Waals surface area contributed by atoms with E-state index in [1.807, 2.05) is 20.8 Å². The van der Waals surface area contributed by atoms with Gasteiger partial charge in [0.25, 0.3) is 0 Å². The highest BCUT2D eigenvalue weighted by Crippen LogP contribution is 2.55. The Hall–Kier alpha value is -2.94. The number of esters is 1. The van der Waals surface area contributed by atoms with E-state index in [1.54, 1.807) is 16.8 Å². The molecule has 0 bridgehead atoms. The van der Waals surface area contributed by atoms with Gasteiger partial charge in [-0.25, -0.2) is 22.9 Å². The number of fused-ring (bicyclic) bond motifs is 1. The Morgan fingerprint density at radius 2 is 1.69 bits per heavy atom. The molecule has 0 unspecified atom stereocenters. The first-order valence-electron chi connectivity index (χ1n) is 11.2. The molecule has 1 atom stereocenters. The Bertz CT molecular complexity index is 1310. The SMILES string of the molecule is CCN(CC)[P@]1(=S)OC(c2ccc(F)cc2)=Nc2c1c(C)nn2CCOC(=O)c1ccc(F)cc1. The number of nitrogens with zero attached hydrogens (tertiary/aromatic N) is 4. The second-order valence-electron chi connectivity index (χ2n) is 7.80. The highest BCUT2D eigenvalue weighted by atomic mass is 32.4. The summed E-state index contributed by atoms with van der Waals surface area (Å²) in [6, 6.07) is 11.0. The minimum absolute atomic E-state index is 0.0279. The van der Waals surface area contributed by atoms with Crippen LogP contribution in [0.25, 0.3) is 0 Å². The average Bonchev–Trinajstić information content (AvgIpc) is 3.16. The molecular formula is C24H25F2N4O3PS. The average molecular weight is 519 g/mol. The van der Waals surface area contributed by atoms with Gasteiger partial charge < -0.3 is 9.26 Å². The summed E-state index contributed by atoms with van der Waals surface area (Å²) in [4.78, 5) is 17.0. The molecule has 2 aromatic carbocycles. The first kappa shape index (κ1) is 25.2. The Balaban J connectivity index is 1.66. The lowest BCUT2D eigenvalue weighted by atomic mass is 10.2. The molecule has 4 rings (SSSR count). The van der Waals surface area contributed by atoms with Crippen molar-refractivity contribution in [2.45, 2.75) is 27.3 Å². The zero-order valence-electron chi connectivity index (χ0n) is 19.6. The largest absolute Gasteiger partial charge is 0.460 e. The summed E-state index contributed by atoms with van der Waals surface area (Å²) in [5.41, 5.74) is 1.56. The zero-order chi connectivity index (χ0) is 25.2. The standard InChI is InChI=1S/C24H25F2N4O3PS/c1-4-29(5-2)34(35)21-16(3)28-30(14-15-32-24(31)18-8-12-20(26)13-9-18)22(21)27-23(33-34)17-6-10-19(25)11-7-17/h6-13H,4-5,14-15H2,1-3H3/t34-/m0/s1. The minimum Gasteiger partial charge on any atom is -0.460 e. The van der Waals surface area contributed by atoms with Crippen molar-refractivity contribution in [3.63, 3.8) is 0 Å². The molecule has 3 aromatic rings. The lowest BCUT2D eigenvalue weighted by Crippen LogP contribution is -2.32. The molecule has 0 saturated carbocycles. The molecule has 0 saturated heterocycles.